The Hall–Kier alpha value is -1.04. The summed E-state index contributed by atoms with van der Waals surface area (Å²) in [6.45, 7) is 30.3. The van der Waals surface area contributed by atoms with Gasteiger partial charge in [-0.25, -0.2) is 0 Å². The van der Waals surface area contributed by atoms with Gasteiger partial charge in [-0.3, -0.25) is 0 Å². The molecule has 0 spiro atoms. The minimum atomic E-state index is 0.595. The lowest BCUT2D eigenvalue weighted by atomic mass is 10.0. The average molecular weight is 269 g/mol. The highest BCUT2D eigenvalue weighted by molar-refractivity contribution is 5.37. The van der Waals surface area contributed by atoms with Gasteiger partial charge in [-0.15, -0.1) is 13.2 Å². The summed E-state index contributed by atoms with van der Waals surface area (Å²) in [5.41, 5.74) is 2.55. The lowest BCUT2D eigenvalue weighted by Gasteiger charge is -2.03. The van der Waals surface area contributed by atoms with Crippen LogP contribution in [0.15, 0.2) is 49.1 Å². The first-order valence-electron chi connectivity index (χ1n) is 7.59. The van der Waals surface area contributed by atoms with E-state index in [0.717, 1.165) is 0 Å². The summed E-state index contributed by atoms with van der Waals surface area (Å²) < 4.78 is 0. The van der Waals surface area contributed by atoms with Crippen LogP contribution in [0.3, 0.4) is 0 Å². The molecule has 0 saturated carbocycles. The number of hydrogen-bond donors (Lipinski definition) is 0. The molecule has 0 aliphatic heterocycles. The number of rotatable bonds is 3. The Kier molecular flexibility index (Phi) is 58.2. The summed E-state index contributed by atoms with van der Waals surface area (Å²) in [6, 6.07) is 0. The van der Waals surface area contributed by atoms with Gasteiger partial charge in [-0.1, -0.05) is 80.2 Å². The van der Waals surface area contributed by atoms with Crippen molar-refractivity contribution >= 4 is 0 Å². The van der Waals surface area contributed by atoms with E-state index in [9.17, 15) is 0 Å². The van der Waals surface area contributed by atoms with Crippen LogP contribution in [-0.4, -0.2) is 0 Å². The van der Waals surface area contributed by atoms with E-state index in [-0.39, 0.29) is 0 Å². The molecule has 0 aromatic heterocycles. The first kappa shape index (κ1) is 30.8. The molecule has 0 aromatic rings. The monoisotopic (exact) mass is 268 g/mol. The van der Waals surface area contributed by atoms with Crippen molar-refractivity contribution in [3.8, 4) is 0 Å². The molecule has 19 heavy (non-hydrogen) atoms. The summed E-state index contributed by atoms with van der Waals surface area (Å²) in [5, 5.41) is 0. The zero-order valence-electron chi connectivity index (χ0n) is 15.4. The SMILES string of the molecule is C=C.C=CC(=C/C(C)C)/C(C)=C\C.CC.CC.CC. The summed E-state index contributed by atoms with van der Waals surface area (Å²) in [4.78, 5) is 0. The largest absolute Gasteiger partial charge is 0.106 e. The molecule has 0 radical (unpaired) electrons. The first-order chi connectivity index (χ1) is 9.11. The number of allylic oxidation sites excluding steroid dienone is 5. The standard InChI is InChI=1S/C11H18.3C2H6.C2H4/c1-6-10(5)11(7-2)8-9(3)4;4*1-2/h6-9H,2H2,1,3-5H3;3*1-2H3;1-2H2/b10-6-,11-8-;;;;. The Balaban J connectivity index is -0.0000000693. The van der Waals surface area contributed by atoms with Crippen molar-refractivity contribution < 1.29 is 0 Å². The third-order valence-electron chi connectivity index (χ3n) is 1.62. The molecule has 0 heterocycles. The third-order valence-corrected chi connectivity index (χ3v) is 1.62. The predicted octanol–water partition coefficient (Wildman–Crippen LogP) is 7.60. The van der Waals surface area contributed by atoms with Gasteiger partial charge in [0.05, 0.1) is 0 Å². The Morgan fingerprint density at radius 2 is 1.21 bits per heavy atom. The lowest BCUT2D eigenvalue weighted by molar-refractivity contribution is 0.826. The van der Waals surface area contributed by atoms with Crippen molar-refractivity contribution in [2.75, 3.05) is 0 Å². The molecular weight excluding hydrogens is 228 g/mol. The van der Waals surface area contributed by atoms with E-state index in [1.54, 1.807) is 0 Å². The van der Waals surface area contributed by atoms with E-state index in [1.807, 2.05) is 54.5 Å². The van der Waals surface area contributed by atoms with Gasteiger partial charge in [0.1, 0.15) is 0 Å². The molecule has 0 nitrogen and oxygen atoms in total. The van der Waals surface area contributed by atoms with Crippen LogP contribution in [0.1, 0.15) is 69.2 Å². The van der Waals surface area contributed by atoms with Crippen LogP contribution in [0.5, 0.6) is 0 Å². The van der Waals surface area contributed by atoms with Crippen LogP contribution in [0.2, 0.25) is 0 Å². The minimum Gasteiger partial charge on any atom is -0.106 e. The highest BCUT2D eigenvalue weighted by Crippen LogP contribution is 2.12. The van der Waals surface area contributed by atoms with Gasteiger partial charge < -0.3 is 0 Å². The van der Waals surface area contributed by atoms with Crippen LogP contribution < -0.4 is 0 Å². The van der Waals surface area contributed by atoms with Crippen molar-refractivity contribution in [1.82, 2.24) is 0 Å². The quantitative estimate of drug-likeness (QED) is 0.365. The molecule has 0 bridgehead atoms. The van der Waals surface area contributed by atoms with Crippen molar-refractivity contribution in [2.24, 2.45) is 5.92 Å². The maximum Gasteiger partial charge on any atom is -0.0274 e. The maximum absolute atomic E-state index is 3.77. The zero-order chi connectivity index (χ0) is 16.9. The van der Waals surface area contributed by atoms with Crippen molar-refractivity contribution in [3.05, 3.63) is 49.1 Å². The molecule has 0 aromatic carbocycles. The molecule has 0 heteroatoms. The second kappa shape index (κ2) is 36.0. The van der Waals surface area contributed by atoms with Crippen LogP contribution in [-0.2, 0) is 0 Å². The highest BCUT2D eigenvalue weighted by atomic mass is 14.0. The van der Waals surface area contributed by atoms with E-state index in [4.69, 9.17) is 0 Å². The highest BCUT2D eigenvalue weighted by Gasteiger charge is 1.94. The fraction of sp³-hybridized carbons (Fsp3) is 0.579. The molecule has 0 aliphatic carbocycles. The normalized spacial score (nSPS) is 9.21. The summed E-state index contributed by atoms with van der Waals surface area (Å²) >= 11 is 0. The van der Waals surface area contributed by atoms with Crippen molar-refractivity contribution in [1.29, 1.82) is 0 Å². The van der Waals surface area contributed by atoms with Crippen LogP contribution >= 0.6 is 0 Å². The van der Waals surface area contributed by atoms with Gasteiger partial charge in [0.2, 0.25) is 0 Å². The average Bonchev–Trinajstić information content (AvgIpc) is 2.51. The molecule has 0 saturated heterocycles. The first-order valence-corrected chi connectivity index (χ1v) is 7.59. The summed E-state index contributed by atoms with van der Waals surface area (Å²) in [5.74, 6) is 0.595. The predicted molar refractivity (Wildman–Crippen MR) is 97.8 cm³/mol. The fourth-order valence-electron chi connectivity index (χ4n) is 0.886. The van der Waals surface area contributed by atoms with Gasteiger partial charge in [0, 0.05) is 0 Å². The van der Waals surface area contributed by atoms with E-state index < -0.39 is 0 Å². The Bertz CT molecular complexity index is 192. The van der Waals surface area contributed by atoms with Crippen molar-refractivity contribution in [2.45, 2.75) is 69.2 Å². The molecule has 116 valence electrons. The smallest absolute Gasteiger partial charge is 0.0274 e. The van der Waals surface area contributed by atoms with Gasteiger partial charge in [-0.2, -0.15) is 0 Å². The van der Waals surface area contributed by atoms with Crippen molar-refractivity contribution in [3.63, 3.8) is 0 Å². The van der Waals surface area contributed by atoms with E-state index in [1.165, 1.54) is 11.1 Å². The summed E-state index contributed by atoms with van der Waals surface area (Å²) in [7, 11) is 0. The van der Waals surface area contributed by atoms with E-state index in [0.29, 0.717) is 5.92 Å². The van der Waals surface area contributed by atoms with E-state index in [2.05, 4.69) is 52.7 Å². The summed E-state index contributed by atoms with van der Waals surface area (Å²) in [6.07, 6.45) is 6.24. The third kappa shape index (κ3) is 31.6. The van der Waals surface area contributed by atoms with Crippen LogP contribution in [0, 0.1) is 5.92 Å². The van der Waals surface area contributed by atoms with Crippen LogP contribution in [0.4, 0.5) is 0 Å². The molecule has 0 atom stereocenters. The molecule has 0 aliphatic rings. The molecule has 0 rings (SSSR count). The molecule has 0 unspecified atom stereocenters. The fourth-order valence-corrected chi connectivity index (χ4v) is 0.886. The molecule has 0 amide bonds. The van der Waals surface area contributed by atoms with E-state index >= 15 is 0 Å². The Morgan fingerprint density at radius 3 is 1.37 bits per heavy atom. The van der Waals surface area contributed by atoms with Gasteiger partial charge >= 0.3 is 0 Å². The molecule has 0 fully saturated rings. The maximum atomic E-state index is 3.77. The zero-order valence-corrected chi connectivity index (χ0v) is 15.4. The molecule has 0 N–H and O–H groups in total. The Morgan fingerprint density at radius 1 is 0.895 bits per heavy atom. The van der Waals surface area contributed by atoms with Gasteiger partial charge in [-0.05, 0) is 30.9 Å². The minimum absolute atomic E-state index is 0.595. The van der Waals surface area contributed by atoms with Gasteiger partial charge in [0.15, 0.2) is 0 Å². The lowest BCUT2D eigenvalue weighted by Crippen LogP contribution is -1.85. The topological polar surface area (TPSA) is 0 Å². The number of hydrogen-bond acceptors (Lipinski definition) is 0. The second-order valence-electron chi connectivity index (χ2n) is 3.04. The second-order valence-corrected chi connectivity index (χ2v) is 3.04. The Labute approximate surface area is 125 Å². The van der Waals surface area contributed by atoms with Gasteiger partial charge in [0.25, 0.3) is 0 Å². The van der Waals surface area contributed by atoms with Crippen LogP contribution in [0.25, 0.3) is 0 Å². The molecular formula is C19H40.